The number of ether oxygens (including phenoxy) is 2. The van der Waals surface area contributed by atoms with Crippen LogP contribution in [0.4, 0.5) is 5.82 Å². The van der Waals surface area contributed by atoms with Crippen molar-refractivity contribution in [2.24, 2.45) is 0 Å². The quantitative estimate of drug-likeness (QED) is 0.419. The summed E-state index contributed by atoms with van der Waals surface area (Å²) in [4.78, 5) is 12.1. The maximum Gasteiger partial charge on any atom is 0.162 e. The van der Waals surface area contributed by atoms with Gasteiger partial charge in [0.25, 0.3) is 0 Å². The van der Waals surface area contributed by atoms with Gasteiger partial charge in [0.15, 0.2) is 5.82 Å². The van der Waals surface area contributed by atoms with Crippen molar-refractivity contribution < 1.29 is 13.9 Å². The maximum atomic E-state index is 5.95. The number of hydrogen-bond acceptors (Lipinski definition) is 6. The Labute approximate surface area is 181 Å². The van der Waals surface area contributed by atoms with Crippen molar-refractivity contribution in [3.05, 3.63) is 72.7 Å². The molecule has 0 bridgehead atoms. The molecule has 6 heteroatoms. The van der Waals surface area contributed by atoms with Crippen molar-refractivity contribution >= 4 is 16.7 Å². The molecule has 1 aliphatic rings. The van der Waals surface area contributed by atoms with Crippen molar-refractivity contribution in [3.63, 3.8) is 0 Å². The van der Waals surface area contributed by atoms with Crippen molar-refractivity contribution in [3.8, 4) is 17.1 Å². The van der Waals surface area contributed by atoms with E-state index in [4.69, 9.17) is 23.9 Å². The summed E-state index contributed by atoms with van der Waals surface area (Å²) in [6, 6.07) is 19.9. The average Bonchev–Trinajstić information content (AvgIpc) is 3.52. The Morgan fingerprint density at radius 3 is 2.65 bits per heavy atom. The van der Waals surface area contributed by atoms with Gasteiger partial charge in [-0.1, -0.05) is 12.1 Å². The van der Waals surface area contributed by atoms with Crippen LogP contribution >= 0.6 is 0 Å². The van der Waals surface area contributed by atoms with Gasteiger partial charge in [0.2, 0.25) is 0 Å². The summed E-state index contributed by atoms with van der Waals surface area (Å²) in [7, 11) is 1.66. The van der Waals surface area contributed by atoms with Crippen molar-refractivity contribution in [1.29, 1.82) is 0 Å². The van der Waals surface area contributed by atoms with Gasteiger partial charge < -0.3 is 18.8 Å². The van der Waals surface area contributed by atoms with Crippen LogP contribution in [0.1, 0.15) is 18.6 Å². The van der Waals surface area contributed by atoms with Gasteiger partial charge >= 0.3 is 0 Å². The normalized spacial score (nSPS) is 16.0. The second-order valence-electron chi connectivity index (χ2n) is 7.71. The van der Waals surface area contributed by atoms with Crippen molar-refractivity contribution in [2.75, 3.05) is 25.2 Å². The fraction of sp³-hybridized carbons (Fsp3) is 0.280. The lowest BCUT2D eigenvalue weighted by Crippen LogP contribution is -2.32. The van der Waals surface area contributed by atoms with E-state index in [1.807, 2.05) is 54.6 Å². The van der Waals surface area contributed by atoms with Crippen LogP contribution in [-0.4, -0.2) is 36.3 Å². The molecule has 0 amide bonds. The van der Waals surface area contributed by atoms with E-state index in [-0.39, 0.29) is 6.10 Å². The highest BCUT2D eigenvalue weighted by Gasteiger charge is 2.23. The Balaban J connectivity index is 1.60. The van der Waals surface area contributed by atoms with E-state index in [0.29, 0.717) is 12.4 Å². The van der Waals surface area contributed by atoms with E-state index in [9.17, 15) is 0 Å². The number of anilines is 1. The first-order chi connectivity index (χ1) is 15.3. The van der Waals surface area contributed by atoms with E-state index in [1.165, 1.54) is 0 Å². The predicted octanol–water partition coefficient (Wildman–Crippen LogP) is 5.08. The first-order valence-corrected chi connectivity index (χ1v) is 10.6. The molecule has 0 spiro atoms. The van der Waals surface area contributed by atoms with Gasteiger partial charge in [-0.3, -0.25) is 0 Å². The zero-order valence-electron chi connectivity index (χ0n) is 17.5. The smallest absolute Gasteiger partial charge is 0.162 e. The molecule has 1 fully saturated rings. The molecule has 158 valence electrons. The first kappa shape index (κ1) is 19.6. The van der Waals surface area contributed by atoms with Gasteiger partial charge in [-0.05, 0) is 61.4 Å². The molecule has 1 saturated heterocycles. The zero-order chi connectivity index (χ0) is 21.0. The maximum absolute atomic E-state index is 5.95. The number of methoxy groups -OCH3 is 1. The zero-order valence-corrected chi connectivity index (χ0v) is 17.5. The number of para-hydroxylation sites is 1. The fourth-order valence-corrected chi connectivity index (χ4v) is 4.02. The number of rotatable bonds is 7. The third-order valence-electron chi connectivity index (χ3n) is 5.61. The third-order valence-corrected chi connectivity index (χ3v) is 5.61. The molecular weight excluding hydrogens is 390 g/mol. The molecule has 4 aromatic rings. The molecule has 2 aromatic heterocycles. The molecule has 3 heterocycles. The van der Waals surface area contributed by atoms with Crippen LogP contribution < -0.4 is 9.64 Å². The second-order valence-corrected chi connectivity index (χ2v) is 7.71. The van der Waals surface area contributed by atoms with Crippen LogP contribution in [0, 0.1) is 0 Å². The lowest BCUT2D eigenvalue weighted by molar-refractivity contribution is 0.115. The molecule has 0 aliphatic carbocycles. The molecule has 0 unspecified atom stereocenters. The Kier molecular flexibility index (Phi) is 5.54. The lowest BCUT2D eigenvalue weighted by Gasteiger charge is -2.27. The van der Waals surface area contributed by atoms with Gasteiger partial charge in [-0.2, -0.15) is 0 Å². The third kappa shape index (κ3) is 4.25. The summed E-state index contributed by atoms with van der Waals surface area (Å²) in [5.74, 6) is 3.28. The molecular formula is C25H25N3O3. The Morgan fingerprint density at radius 2 is 1.90 bits per heavy atom. The molecule has 0 N–H and O–H groups in total. The Hall–Kier alpha value is -3.38. The number of aromatic nitrogens is 2. The first-order valence-electron chi connectivity index (χ1n) is 10.6. The topological polar surface area (TPSA) is 60.6 Å². The molecule has 5 rings (SSSR count). The predicted molar refractivity (Wildman–Crippen MR) is 120 cm³/mol. The standard InChI is InChI=1S/C25H25N3O3/c1-29-19-12-10-18(11-13-19)24-26-23-9-3-2-8-22(23)25(27-24)28(16-20-6-4-14-30-20)17-21-7-5-15-31-21/h2-4,6,8-14,21H,5,7,15-17H2,1H3/t21-/m0/s1. The lowest BCUT2D eigenvalue weighted by atomic mass is 10.1. The minimum absolute atomic E-state index is 0.188. The molecule has 0 saturated carbocycles. The summed E-state index contributed by atoms with van der Waals surface area (Å²) in [5.41, 5.74) is 1.86. The number of nitrogens with zero attached hydrogens (tertiary/aromatic N) is 3. The van der Waals surface area contributed by atoms with Crippen LogP contribution in [0.25, 0.3) is 22.3 Å². The SMILES string of the molecule is COc1ccc(-c2nc(N(Cc3ccco3)C[C@@H]3CCCO3)c3ccccc3n2)cc1. The van der Waals surface area contributed by atoms with Crippen LogP contribution in [0.5, 0.6) is 5.75 Å². The van der Waals surface area contributed by atoms with Crippen LogP contribution in [0.2, 0.25) is 0 Å². The highest BCUT2D eigenvalue weighted by molar-refractivity contribution is 5.91. The highest BCUT2D eigenvalue weighted by atomic mass is 16.5. The van der Waals surface area contributed by atoms with Gasteiger partial charge in [0.05, 0.1) is 31.5 Å². The highest BCUT2D eigenvalue weighted by Crippen LogP contribution is 2.30. The largest absolute Gasteiger partial charge is 0.497 e. The van der Waals surface area contributed by atoms with E-state index in [2.05, 4.69) is 11.0 Å². The molecule has 1 aliphatic heterocycles. The number of benzene rings is 2. The van der Waals surface area contributed by atoms with Gasteiger partial charge in [-0.25, -0.2) is 9.97 Å². The average molecular weight is 415 g/mol. The summed E-state index contributed by atoms with van der Waals surface area (Å²) >= 11 is 0. The molecule has 1 atom stereocenters. The summed E-state index contributed by atoms with van der Waals surface area (Å²) in [6.07, 6.45) is 4.05. The van der Waals surface area contributed by atoms with E-state index in [1.54, 1.807) is 13.4 Å². The minimum Gasteiger partial charge on any atom is -0.497 e. The number of fused-ring (bicyclic) bond motifs is 1. The van der Waals surface area contributed by atoms with Crippen molar-refractivity contribution in [2.45, 2.75) is 25.5 Å². The molecule has 6 nitrogen and oxygen atoms in total. The fourth-order valence-electron chi connectivity index (χ4n) is 4.02. The van der Waals surface area contributed by atoms with Crippen LogP contribution in [0.3, 0.4) is 0 Å². The molecule has 31 heavy (non-hydrogen) atoms. The van der Waals surface area contributed by atoms with Crippen LogP contribution in [-0.2, 0) is 11.3 Å². The van der Waals surface area contributed by atoms with E-state index >= 15 is 0 Å². The van der Waals surface area contributed by atoms with E-state index in [0.717, 1.165) is 59.8 Å². The monoisotopic (exact) mass is 415 g/mol. The number of furan rings is 1. The minimum atomic E-state index is 0.188. The summed E-state index contributed by atoms with van der Waals surface area (Å²) in [5, 5.41) is 1.02. The molecule has 0 radical (unpaired) electrons. The summed E-state index contributed by atoms with van der Waals surface area (Å²) in [6.45, 7) is 2.19. The Morgan fingerprint density at radius 1 is 1.03 bits per heavy atom. The van der Waals surface area contributed by atoms with Gasteiger partial charge in [0, 0.05) is 24.1 Å². The second kappa shape index (κ2) is 8.78. The summed E-state index contributed by atoms with van der Waals surface area (Å²) < 4.78 is 16.9. The van der Waals surface area contributed by atoms with Crippen LogP contribution in [0.15, 0.2) is 71.3 Å². The van der Waals surface area contributed by atoms with Crippen molar-refractivity contribution in [1.82, 2.24) is 9.97 Å². The Bertz CT molecular complexity index is 1140. The number of hydrogen-bond donors (Lipinski definition) is 0. The van der Waals surface area contributed by atoms with E-state index < -0.39 is 0 Å². The molecule has 2 aromatic carbocycles. The van der Waals surface area contributed by atoms with Gasteiger partial charge in [0.1, 0.15) is 17.3 Å². The van der Waals surface area contributed by atoms with Gasteiger partial charge in [-0.15, -0.1) is 0 Å².